The number of hydrazone groups is 1. The van der Waals surface area contributed by atoms with Crippen molar-refractivity contribution < 1.29 is 22.9 Å². The van der Waals surface area contributed by atoms with Crippen molar-refractivity contribution in [2.45, 2.75) is 0 Å². The molecule has 11 heteroatoms. The van der Waals surface area contributed by atoms with Gasteiger partial charge in [-0.3, -0.25) is 14.9 Å². The van der Waals surface area contributed by atoms with E-state index in [-0.39, 0.29) is 16.5 Å². The lowest BCUT2D eigenvalue weighted by Crippen LogP contribution is -2.25. The standard InChI is InChI=1S/C19H10F2N4O4S/c20-12-3-1-2-11(8-12)18(26)24(22-10-14-5-7-17(29-14)25(27)28)19-23-15-6-4-13(21)9-16(15)30-19/h1-10H/b22-10+. The number of amides is 1. The number of hydrogen-bond acceptors (Lipinski definition) is 7. The molecule has 0 saturated carbocycles. The molecule has 0 spiro atoms. The van der Waals surface area contributed by atoms with Crippen molar-refractivity contribution in [1.82, 2.24) is 4.98 Å². The van der Waals surface area contributed by atoms with E-state index in [1.54, 1.807) is 0 Å². The number of thiazole rings is 1. The van der Waals surface area contributed by atoms with Crippen molar-refractivity contribution in [3.63, 3.8) is 0 Å². The summed E-state index contributed by atoms with van der Waals surface area (Å²) in [6.45, 7) is 0. The molecule has 2 aromatic heterocycles. The van der Waals surface area contributed by atoms with E-state index >= 15 is 0 Å². The zero-order valence-corrected chi connectivity index (χ0v) is 15.7. The topological polar surface area (TPSA) is 102 Å². The first-order valence-corrected chi connectivity index (χ1v) is 9.17. The van der Waals surface area contributed by atoms with Crippen LogP contribution in [0.2, 0.25) is 0 Å². The van der Waals surface area contributed by atoms with Gasteiger partial charge in [0.05, 0.1) is 22.5 Å². The molecule has 4 rings (SSSR count). The van der Waals surface area contributed by atoms with Crippen LogP contribution in [-0.4, -0.2) is 22.0 Å². The Morgan fingerprint density at radius 1 is 1.17 bits per heavy atom. The van der Waals surface area contributed by atoms with Gasteiger partial charge < -0.3 is 4.42 Å². The minimum Gasteiger partial charge on any atom is -0.400 e. The lowest BCUT2D eigenvalue weighted by molar-refractivity contribution is -0.402. The fourth-order valence-electron chi connectivity index (χ4n) is 2.53. The Kier molecular flexibility index (Phi) is 5.02. The van der Waals surface area contributed by atoms with Crippen molar-refractivity contribution in [1.29, 1.82) is 0 Å². The summed E-state index contributed by atoms with van der Waals surface area (Å²) in [6, 6.07) is 11.4. The SMILES string of the molecule is O=C(c1cccc(F)c1)N(/N=C/c1ccc([N+](=O)[O-])o1)c1nc2ccc(F)cc2s1. The van der Waals surface area contributed by atoms with E-state index in [0.29, 0.717) is 10.2 Å². The van der Waals surface area contributed by atoms with E-state index in [1.165, 1.54) is 42.5 Å². The van der Waals surface area contributed by atoms with Crippen molar-refractivity contribution in [3.8, 4) is 0 Å². The molecule has 0 bridgehead atoms. The largest absolute Gasteiger partial charge is 0.433 e. The van der Waals surface area contributed by atoms with Crippen molar-refractivity contribution in [2.24, 2.45) is 5.10 Å². The first-order valence-electron chi connectivity index (χ1n) is 8.35. The summed E-state index contributed by atoms with van der Waals surface area (Å²) in [4.78, 5) is 27.3. The number of furan rings is 1. The number of rotatable bonds is 5. The molecule has 2 aromatic carbocycles. The van der Waals surface area contributed by atoms with Crippen molar-refractivity contribution in [3.05, 3.63) is 87.7 Å². The summed E-state index contributed by atoms with van der Waals surface area (Å²) >= 11 is 1.000. The number of carbonyl (C=O) groups excluding carboxylic acids is 1. The maximum atomic E-state index is 13.6. The molecular weight excluding hydrogens is 418 g/mol. The van der Waals surface area contributed by atoms with Gasteiger partial charge >= 0.3 is 5.88 Å². The number of carbonyl (C=O) groups is 1. The second-order valence-corrected chi connectivity index (χ2v) is 6.92. The Labute approximate surface area is 170 Å². The molecule has 0 fully saturated rings. The molecule has 0 aliphatic rings. The predicted octanol–water partition coefficient (Wildman–Crippen LogP) is 4.76. The second-order valence-electron chi connectivity index (χ2n) is 5.91. The number of hydrogen-bond donors (Lipinski definition) is 0. The number of aromatic nitrogens is 1. The van der Waals surface area contributed by atoms with E-state index in [1.807, 2.05) is 0 Å². The van der Waals surface area contributed by atoms with Crippen LogP contribution in [0.3, 0.4) is 0 Å². The molecule has 1 amide bonds. The molecule has 4 aromatic rings. The van der Waals surface area contributed by atoms with Crippen LogP contribution in [0.5, 0.6) is 0 Å². The van der Waals surface area contributed by atoms with Crippen LogP contribution in [0.4, 0.5) is 19.8 Å². The number of benzene rings is 2. The van der Waals surface area contributed by atoms with Crippen LogP contribution in [0.25, 0.3) is 10.2 Å². The highest BCUT2D eigenvalue weighted by Crippen LogP contribution is 2.30. The zero-order chi connectivity index (χ0) is 21.3. The third kappa shape index (κ3) is 3.91. The average molecular weight is 428 g/mol. The van der Waals surface area contributed by atoms with Gasteiger partial charge in [-0.05, 0) is 42.5 Å². The number of fused-ring (bicyclic) bond motifs is 1. The molecular formula is C19H10F2N4O4S. The summed E-state index contributed by atoms with van der Waals surface area (Å²) in [5, 5.41) is 15.8. The lowest BCUT2D eigenvalue weighted by Gasteiger charge is -2.13. The number of nitrogens with zero attached hydrogens (tertiary/aromatic N) is 4. The quantitative estimate of drug-likeness (QED) is 0.259. The third-order valence-electron chi connectivity index (χ3n) is 3.88. The van der Waals surface area contributed by atoms with Gasteiger partial charge in [-0.2, -0.15) is 10.1 Å². The van der Waals surface area contributed by atoms with Gasteiger partial charge in [0, 0.05) is 5.56 Å². The van der Waals surface area contributed by atoms with E-state index < -0.39 is 28.3 Å². The Hall–Kier alpha value is -3.99. The first-order chi connectivity index (χ1) is 14.4. The highest BCUT2D eigenvalue weighted by Gasteiger charge is 2.22. The zero-order valence-electron chi connectivity index (χ0n) is 14.9. The lowest BCUT2D eigenvalue weighted by atomic mass is 10.2. The van der Waals surface area contributed by atoms with Gasteiger partial charge in [0.25, 0.3) is 5.91 Å². The molecule has 2 heterocycles. The molecule has 0 radical (unpaired) electrons. The molecule has 30 heavy (non-hydrogen) atoms. The van der Waals surface area contributed by atoms with Gasteiger partial charge in [0.1, 0.15) is 16.6 Å². The monoisotopic (exact) mass is 428 g/mol. The predicted molar refractivity (Wildman–Crippen MR) is 106 cm³/mol. The summed E-state index contributed by atoms with van der Waals surface area (Å²) in [5.41, 5.74) is 0.445. The summed E-state index contributed by atoms with van der Waals surface area (Å²) in [7, 11) is 0. The molecule has 150 valence electrons. The molecule has 0 atom stereocenters. The fraction of sp³-hybridized carbons (Fsp3) is 0. The minimum atomic E-state index is -0.713. The summed E-state index contributed by atoms with van der Waals surface area (Å²) in [5.74, 6) is -2.25. The van der Waals surface area contributed by atoms with Gasteiger partial charge in [-0.25, -0.2) is 13.8 Å². The Balaban J connectivity index is 1.75. The van der Waals surface area contributed by atoms with Gasteiger partial charge in [-0.15, -0.1) is 0 Å². The molecule has 0 aliphatic heterocycles. The average Bonchev–Trinajstić information content (AvgIpc) is 3.35. The van der Waals surface area contributed by atoms with E-state index in [4.69, 9.17) is 4.42 Å². The Bertz CT molecular complexity index is 1300. The van der Waals surface area contributed by atoms with E-state index in [9.17, 15) is 23.7 Å². The van der Waals surface area contributed by atoms with Crippen LogP contribution >= 0.6 is 11.3 Å². The third-order valence-corrected chi connectivity index (χ3v) is 4.87. The van der Waals surface area contributed by atoms with Gasteiger partial charge in [-0.1, -0.05) is 17.4 Å². The maximum Gasteiger partial charge on any atom is 0.433 e. The summed E-state index contributed by atoms with van der Waals surface area (Å²) in [6.07, 6.45) is 1.09. The molecule has 8 nitrogen and oxygen atoms in total. The smallest absolute Gasteiger partial charge is 0.400 e. The number of halogens is 2. The Morgan fingerprint density at radius 3 is 2.70 bits per heavy atom. The highest BCUT2D eigenvalue weighted by molar-refractivity contribution is 7.22. The van der Waals surface area contributed by atoms with Crippen LogP contribution in [-0.2, 0) is 0 Å². The van der Waals surface area contributed by atoms with Gasteiger partial charge in [0.15, 0.2) is 5.76 Å². The fourth-order valence-corrected chi connectivity index (χ4v) is 3.48. The minimum absolute atomic E-state index is 0.00279. The van der Waals surface area contributed by atoms with Crippen LogP contribution in [0.15, 0.2) is 64.1 Å². The summed E-state index contributed by atoms with van der Waals surface area (Å²) < 4.78 is 32.6. The first kappa shape index (κ1) is 19.3. The normalized spacial score (nSPS) is 11.3. The van der Waals surface area contributed by atoms with Crippen LogP contribution in [0, 0.1) is 21.7 Å². The molecule has 0 unspecified atom stereocenters. The number of anilines is 1. The molecule has 0 aliphatic carbocycles. The van der Waals surface area contributed by atoms with Crippen LogP contribution < -0.4 is 5.01 Å². The second kappa shape index (κ2) is 7.79. The maximum absolute atomic E-state index is 13.6. The Morgan fingerprint density at radius 2 is 1.97 bits per heavy atom. The van der Waals surface area contributed by atoms with Crippen LogP contribution in [0.1, 0.15) is 16.1 Å². The van der Waals surface area contributed by atoms with Crippen molar-refractivity contribution in [2.75, 3.05) is 5.01 Å². The highest BCUT2D eigenvalue weighted by atomic mass is 32.1. The molecule has 0 N–H and O–H groups in total. The van der Waals surface area contributed by atoms with Crippen molar-refractivity contribution >= 4 is 44.7 Å². The molecule has 0 saturated heterocycles. The van der Waals surface area contributed by atoms with E-state index in [0.717, 1.165) is 34.7 Å². The van der Waals surface area contributed by atoms with E-state index in [2.05, 4.69) is 10.1 Å². The van der Waals surface area contributed by atoms with Gasteiger partial charge in [0.2, 0.25) is 5.13 Å². The number of nitro groups is 1.